The Morgan fingerprint density at radius 1 is 1.25 bits per heavy atom. The first-order valence-electron chi connectivity index (χ1n) is 8.12. The topological polar surface area (TPSA) is 49.3 Å². The lowest BCUT2D eigenvalue weighted by Crippen LogP contribution is -2.36. The van der Waals surface area contributed by atoms with Gasteiger partial charge in [-0.1, -0.05) is 12.1 Å². The Balaban J connectivity index is 2.06. The molecule has 0 amide bonds. The number of aryl methyl sites for hydroxylation is 3. The van der Waals surface area contributed by atoms with Crippen molar-refractivity contribution in [3.63, 3.8) is 0 Å². The van der Waals surface area contributed by atoms with Gasteiger partial charge in [0.05, 0.1) is 23.8 Å². The molecule has 0 atom stereocenters. The van der Waals surface area contributed by atoms with Crippen molar-refractivity contribution in [1.82, 2.24) is 15.6 Å². The Hall–Kier alpha value is -1.53. The molecular weight excluding hydrogens is 336 g/mol. The minimum atomic E-state index is 0.673. The van der Waals surface area contributed by atoms with Crippen molar-refractivity contribution in [2.24, 2.45) is 4.99 Å². The number of aromatic nitrogens is 1. The molecule has 1 aromatic heterocycles. The normalized spacial score (nSPS) is 11.6. The van der Waals surface area contributed by atoms with Crippen LogP contribution in [-0.2, 0) is 13.1 Å². The van der Waals surface area contributed by atoms with E-state index in [1.165, 1.54) is 20.9 Å². The molecule has 2 rings (SSSR count). The fraction of sp³-hybridized carbons (Fsp3) is 0.444. The molecular formula is C18H26N4S2. The van der Waals surface area contributed by atoms with E-state index in [1.54, 1.807) is 23.1 Å². The van der Waals surface area contributed by atoms with Gasteiger partial charge in [-0.2, -0.15) is 0 Å². The molecule has 0 spiro atoms. The third-order valence-corrected chi connectivity index (χ3v) is 5.50. The second-order valence-electron chi connectivity index (χ2n) is 5.61. The molecule has 2 aromatic rings. The summed E-state index contributed by atoms with van der Waals surface area (Å²) < 4.78 is 0. The third-order valence-electron chi connectivity index (χ3n) is 3.61. The van der Waals surface area contributed by atoms with Crippen LogP contribution in [0.5, 0.6) is 0 Å². The molecule has 0 fully saturated rings. The summed E-state index contributed by atoms with van der Waals surface area (Å²) in [6.07, 6.45) is 2.11. The first-order chi connectivity index (χ1) is 11.5. The molecule has 24 heavy (non-hydrogen) atoms. The smallest absolute Gasteiger partial charge is 0.191 e. The van der Waals surface area contributed by atoms with E-state index in [-0.39, 0.29) is 0 Å². The molecule has 130 valence electrons. The second kappa shape index (κ2) is 9.08. The van der Waals surface area contributed by atoms with Crippen LogP contribution in [0.15, 0.2) is 28.1 Å². The molecule has 2 N–H and O–H groups in total. The number of hydrogen-bond donors (Lipinski definition) is 2. The number of benzene rings is 1. The van der Waals surface area contributed by atoms with Crippen LogP contribution >= 0.6 is 23.1 Å². The molecule has 0 aliphatic rings. The first kappa shape index (κ1) is 18.8. The van der Waals surface area contributed by atoms with Crippen molar-refractivity contribution in [2.75, 3.05) is 12.8 Å². The SMILES string of the molecule is CCNC(=NCc1ccc(C)cc1SC)NCc1sc(C)nc1C. The second-order valence-corrected chi connectivity index (χ2v) is 7.74. The van der Waals surface area contributed by atoms with Crippen molar-refractivity contribution in [3.05, 3.63) is 44.9 Å². The van der Waals surface area contributed by atoms with Crippen LogP contribution in [0.25, 0.3) is 0 Å². The van der Waals surface area contributed by atoms with E-state index in [9.17, 15) is 0 Å². The van der Waals surface area contributed by atoms with Crippen LogP contribution in [0.2, 0.25) is 0 Å². The van der Waals surface area contributed by atoms with Crippen LogP contribution in [0.1, 0.15) is 33.6 Å². The third kappa shape index (κ3) is 5.24. The van der Waals surface area contributed by atoms with Gasteiger partial charge >= 0.3 is 0 Å². The van der Waals surface area contributed by atoms with Crippen molar-refractivity contribution < 1.29 is 0 Å². The summed E-state index contributed by atoms with van der Waals surface area (Å²) >= 11 is 3.51. The maximum atomic E-state index is 4.74. The lowest BCUT2D eigenvalue weighted by Gasteiger charge is -2.12. The van der Waals surface area contributed by atoms with E-state index in [0.717, 1.165) is 29.8 Å². The maximum Gasteiger partial charge on any atom is 0.191 e. The lowest BCUT2D eigenvalue weighted by atomic mass is 10.1. The van der Waals surface area contributed by atoms with Crippen LogP contribution in [0.3, 0.4) is 0 Å². The van der Waals surface area contributed by atoms with Crippen molar-refractivity contribution >= 4 is 29.1 Å². The number of aliphatic imine (C=N–C) groups is 1. The average molecular weight is 363 g/mol. The summed E-state index contributed by atoms with van der Waals surface area (Å²) in [5.74, 6) is 0.843. The van der Waals surface area contributed by atoms with Gasteiger partial charge in [-0.25, -0.2) is 9.98 Å². The molecule has 0 aliphatic heterocycles. The Labute approximate surface area is 153 Å². The molecule has 4 nitrogen and oxygen atoms in total. The molecule has 0 radical (unpaired) electrons. The van der Waals surface area contributed by atoms with Gasteiger partial charge in [0.25, 0.3) is 0 Å². The highest BCUT2D eigenvalue weighted by molar-refractivity contribution is 7.98. The Morgan fingerprint density at radius 3 is 2.67 bits per heavy atom. The van der Waals surface area contributed by atoms with Gasteiger partial charge in [-0.15, -0.1) is 23.1 Å². The van der Waals surface area contributed by atoms with Gasteiger partial charge in [0, 0.05) is 16.3 Å². The van der Waals surface area contributed by atoms with Gasteiger partial charge in [-0.3, -0.25) is 0 Å². The van der Waals surface area contributed by atoms with Crippen LogP contribution in [0, 0.1) is 20.8 Å². The van der Waals surface area contributed by atoms with Gasteiger partial charge in [-0.05, 0) is 51.1 Å². The standard InChI is InChI=1S/C18H26N4S2/c1-6-19-18(21-11-17-13(3)22-14(4)24-17)20-10-15-8-7-12(2)9-16(15)23-5/h7-9H,6,10-11H2,1-5H3,(H2,19,20,21). The summed E-state index contributed by atoms with van der Waals surface area (Å²) in [6.45, 7) is 10.6. The number of nitrogens with zero attached hydrogens (tertiary/aromatic N) is 2. The molecule has 1 heterocycles. The first-order valence-corrected chi connectivity index (χ1v) is 10.2. The lowest BCUT2D eigenvalue weighted by molar-refractivity contribution is 0.816. The van der Waals surface area contributed by atoms with E-state index >= 15 is 0 Å². The summed E-state index contributed by atoms with van der Waals surface area (Å²) in [6, 6.07) is 6.54. The predicted molar refractivity (Wildman–Crippen MR) is 106 cm³/mol. The summed E-state index contributed by atoms with van der Waals surface area (Å²) in [5, 5.41) is 7.83. The Bertz CT molecular complexity index is 707. The van der Waals surface area contributed by atoms with Crippen molar-refractivity contribution in [1.29, 1.82) is 0 Å². The summed E-state index contributed by atoms with van der Waals surface area (Å²) in [5.41, 5.74) is 3.65. The summed E-state index contributed by atoms with van der Waals surface area (Å²) in [7, 11) is 0. The minimum Gasteiger partial charge on any atom is -0.357 e. The van der Waals surface area contributed by atoms with Crippen LogP contribution in [0.4, 0.5) is 0 Å². The van der Waals surface area contributed by atoms with Gasteiger partial charge in [0.1, 0.15) is 0 Å². The number of thioether (sulfide) groups is 1. The van der Waals surface area contributed by atoms with E-state index in [1.807, 2.05) is 6.92 Å². The average Bonchev–Trinajstić information content (AvgIpc) is 2.88. The highest BCUT2D eigenvalue weighted by Gasteiger charge is 2.06. The fourth-order valence-corrected chi connectivity index (χ4v) is 3.97. The van der Waals surface area contributed by atoms with Gasteiger partial charge in [0.2, 0.25) is 0 Å². The Morgan fingerprint density at radius 2 is 2.04 bits per heavy atom. The zero-order valence-electron chi connectivity index (χ0n) is 15.1. The largest absolute Gasteiger partial charge is 0.357 e. The quantitative estimate of drug-likeness (QED) is 0.462. The minimum absolute atomic E-state index is 0.673. The number of guanidine groups is 1. The molecule has 0 aliphatic carbocycles. The highest BCUT2D eigenvalue weighted by Crippen LogP contribution is 2.22. The molecule has 6 heteroatoms. The molecule has 1 aromatic carbocycles. The zero-order valence-corrected chi connectivity index (χ0v) is 16.7. The number of thiazole rings is 1. The predicted octanol–water partition coefficient (Wildman–Crippen LogP) is 4.05. The number of hydrogen-bond acceptors (Lipinski definition) is 4. The zero-order chi connectivity index (χ0) is 17.5. The van der Waals surface area contributed by atoms with E-state index in [0.29, 0.717) is 6.54 Å². The van der Waals surface area contributed by atoms with E-state index in [2.05, 4.69) is 60.8 Å². The summed E-state index contributed by atoms with van der Waals surface area (Å²) in [4.78, 5) is 11.8. The van der Waals surface area contributed by atoms with Crippen molar-refractivity contribution in [3.8, 4) is 0 Å². The monoisotopic (exact) mass is 362 g/mol. The van der Waals surface area contributed by atoms with E-state index < -0.39 is 0 Å². The Kier molecular flexibility index (Phi) is 7.12. The maximum absolute atomic E-state index is 4.74. The molecule has 0 saturated heterocycles. The fourth-order valence-electron chi connectivity index (χ4n) is 2.39. The van der Waals surface area contributed by atoms with Gasteiger partial charge < -0.3 is 10.6 Å². The highest BCUT2D eigenvalue weighted by atomic mass is 32.2. The van der Waals surface area contributed by atoms with Crippen molar-refractivity contribution in [2.45, 2.75) is 45.7 Å². The molecule has 0 unspecified atom stereocenters. The molecule has 0 bridgehead atoms. The number of rotatable bonds is 6. The van der Waals surface area contributed by atoms with E-state index in [4.69, 9.17) is 4.99 Å². The molecule has 0 saturated carbocycles. The van der Waals surface area contributed by atoms with Crippen LogP contribution in [-0.4, -0.2) is 23.7 Å². The van der Waals surface area contributed by atoms with Crippen LogP contribution < -0.4 is 10.6 Å². The number of nitrogens with one attached hydrogen (secondary N) is 2. The van der Waals surface area contributed by atoms with Gasteiger partial charge in [0.15, 0.2) is 5.96 Å².